The molecule has 1 aromatic heterocycles. The average molecular weight is 389 g/mol. The van der Waals surface area contributed by atoms with Crippen molar-refractivity contribution in [3.63, 3.8) is 0 Å². The predicted octanol–water partition coefficient (Wildman–Crippen LogP) is 3.68. The lowest BCUT2D eigenvalue weighted by molar-refractivity contribution is 0.296. The third-order valence-corrected chi connectivity index (χ3v) is 5.04. The van der Waals surface area contributed by atoms with E-state index in [0.717, 1.165) is 46.7 Å². The Morgan fingerprint density at radius 3 is 2.89 bits per heavy atom. The summed E-state index contributed by atoms with van der Waals surface area (Å²) in [6, 6.07) is 5.98. The minimum absolute atomic E-state index is 0.451. The minimum atomic E-state index is 0.451. The molecule has 0 amide bonds. The second kappa shape index (κ2) is 9.60. The Morgan fingerprint density at radius 2 is 2.11 bits per heavy atom. The van der Waals surface area contributed by atoms with Crippen molar-refractivity contribution in [2.45, 2.75) is 46.2 Å². The number of nitrogens with zero attached hydrogens (tertiary/aromatic N) is 2. The van der Waals surface area contributed by atoms with E-state index < -0.39 is 0 Å². The van der Waals surface area contributed by atoms with Gasteiger partial charge in [-0.05, 0) is 18.9 Å². The van der Waals surface area contributed by atoms with Crippen LogP contribution < -0.4 is 20.1 Å². The molecule has 0 spiro atoms. The number of para-hydroxylation sites is 1. The topological polar surface area (TPSA) is 67.8 Å². The average Bonchev–Trinajstić information content (AvgIpc) is 3.01. The lowest BCUT2D eigenvalue weighted by Gasteiger charge is -2.13. The molecule has 0 fully saturated rings. The van der Waals surface area contributed by atoms with Gasteiger partial charge in [0.1, 0.15) is 5.01 Å². The lowest BCUT2D eigenvalue weighted by atomic mass is 10.2. The van der Waals surface area contributed by atoms with Gasteiger partial charge < -0.3 is 20.1 Å². The van der Waals surface area contributed by atoms with E-state index in [0.29, 0.717) is 32.2 Å². The fourth-order valence-corrected chi connectivity index (χ4v) is 3.61. The van der Waals surface area contributed by atoms with Crippen molar-refractivity contribution in [1.29, 1.82) is 0 Å². The number of hydrogen-bond acceptors (Lipinski definition) is 5. The molecule has 3 rings (SSSR count). The monoisotopic (exact) mass is 388 g/mol. The summed E-state index contributed by atoms with van der Waals surface area (Å²) in [5.41, 5.74) is 2.17. The Kier molecular flexibility index (Phi) is 6.92. The van der Waals surface area contributed by atoms with Gasteiger partial charge in [-0.15, -0.1) is 11.3 Å². The summed E-state index contributed by atoms with van der Waals surface area (Å²) in [6.07, 6.45) is 0.897. The number of rotatable bonds is 6. The summed E-state index contributed by atoms with van der Waals surface area (Å²) in [5.74, 6) is 2.84. The van der Waals surface area contributed by atoms with Crippen LogP contribution in [0.2, 0.25) is 0 Å². The van der Waals surface area contributed by atoms with Crippen molar-refractivity contribution in [2.75, 3.05) is 19.8 Å². The van der Waals surface area contributed by atoms with Crippen LogP contribution in [0.5, 0.6) is 11.5 Å². The van der Waals surface area contributed by atoms with E-state index in [2.05, 4.69) is 41.8 Å². The first-order chi connectivity index (χ1) is 13.2. The van der Waals surface area contributed by atoms with Gasteiger partial charge in [0.25, 0.3) is 0 Å². The summed E-state index contributed by atoms with van der Waals surface area (Å²) < 4.78 is 11.6. The van der Waals surface area contributed by atoms with Crippen LogP contribution in [0.1, 0.15) is 49.4 Å². The smallest absolute Gasteiger partial charge is 0.191 e. The molecule has 0 unspecified atom stereocenters. The maximum absolute atomic E-state index is 5.88. The minimum Gasteiger partial charge on any atom is -0.490 e. The zero-order chi connectivity index (χ0) is 19.1. The highest BCUT2D eigenvalue weighted by atomic mass is 32.1. The van der Waals surface area contributed by atoms with E-state index in [1.165, 1.54) is 0 Å². The first-order valence-electron chi connectivity index (χ1n) is 9.51. The molecule has 146 valence electrons. The van der Waals surface area contributed by atoms with Crippen molar-refractivity contribution in [3.05, 3.63) is 39.8 Å². The number of benzene rings is 1. The third-order valence-electron chi connectivity index (χ3n) is 4.17. The fourth-order valence-electron chi connectivity index (χ4n) is 2.72. The molecule has 0 saturated heterocycles. The van der Waals surface area contributed by atoms with Crippen LogP contribution in [0.25, 0.3) is 0 Å². The summed E-state index contributed by atoms with van der Waals surface area (Å²) >= 11 is 1.68. The maximum Gasteiger partial charge on any atom is 0.191 e. The zero-order valence-electron chi connectivity index (χ0n) is 16.2. The molecule has 7 heteroatoms. The van der Waals surface area contributed by atoms with Crippen molar-refractivity contribution in [1.82, 2.24) is 15.6 Å². The molecule has 27 heavy (non-hydrogen) atoms. The summed E-state index contributed by atoms with van der Waals surface area (Å²) in [4.78, 5) is 9.38. The van der Waals surface area contributed by atoms with Crippen molar-refractivity contribution >= 4 is 17.3 Å². The van der Waals surface area contributed by atoms with E-state index in [1.54, 1.807) is 11.3 Å². The highest BCUT2D eigenvalue weighted by Gasteiger charge is 2.14. The standard InChI is InChI=1S/C20H28N4O2S/c1-4-21-20(23-12-18-24-16(13-27-18)14(2)3)22-11-15-7-5-8-17-19(15)26-10-6-9-25-17/h5,7-8,13-14H,4,6,9-12H2,1-3H3,(H2,21,22,23). The number of fused-ring (bicyclic) bond motifs is 1. The number of nitrogens with one attached hydrogen (secondary N) is 2. The molecule has 2 heterocycles. The zero-order valence-corrected chi connectivity index (χ0v) is 17.1. The molecule has 1 aromatic carbocycles. The number of guanidine groups is 1. The van der Waals surface area contributed by atoms with Gasteiger partial charge in [-0.25, -0.2) is 9.98 Å². The van der Waals surface area contributed by atoms with Crippen LogP contribution in [0.15, 0.2) is 28.6 Å². The molecule has 2 N–H and O–H groups in total. The molecule has 6 nitrogen and oxygen atoms in total. The van der Waals surface area contributed by atoms with Crippen LogP contribution in [-0.2, 0) is 13.1 Å². The Labute approximate surface area is 165 Å². The summed E-state index contributed by atoms with van der Waals surface area (Å²) in [7, 11) is 0. The van der Waals surface area contributed by atoms with E-state index in [-0.39, 0.29) is 0 Å². The molecule has 1 aliphatic heterocycles. The lowest BCUT2D eigenvalue weighted by Crippen LogP contribution is -2.36. The number of ether oxygens (including phenoxy) is 2. The van der Waals surface area contributed by atoms with Gasteiger partial charge in [0, 0.05) is 23.9 Å². The van der Waals surface area contributed by atoms with Crippen molar-refractivity contribution < 1.29 is 9.47 Å². The fraction of sp³-hybridized carbons (Fsp3) is 0.500. The SMILES string of the molecule is CCNC(=NCc1cccc2c1OCCCO2)NCc1nc(C(C)C)cs1. The first-order valence-corrected chi connectivity index (χ1v) is 10.4. The Bertz CT molecular complexity index is 773. The van der Waals surface area contributed by atoms with Crippen LogP contribution >= 0.6 is 11.3 Å². The predicted molar refractivity (Wildman–Crippen MR) is 110 cm³/mol. The van der Waals surface area contributed by atoms with E-state index in [4.69, 9.17) is 14.5 Å². The molecule has 0 radical (unpaired) electrons. The van der Waals surface area contributed by atoms with E-state index >= 15 is 0 Å². The Morgan fingerprint density at radius 1 is 1.26 bits per heavy atom. The largest absolute Gasteiger partial charge is 0.490 e. The Balaban J connectivity index is 1.67. The summed E-state index contributed by atoms with van der Waals surface area (Å²) in [6.45, 7) is 9.73. The number of aliphatic imine (C=N–C) groups is 1. The molecule has 0 saturated carbocycles. The van der Waals surface area contributed by atoms with Gasteiger partial charge in [-0.3, -0.25) is 0 Å². The highest BCUT2D eigenvalue weighted by molar-refractivity contribution is 7.09. The van der Waals surface area contributed by atoms with Crippen LogP contribution in [-0.4, -0.2) is 30.7 Å². The van der Waals surface area contributed by atoms with Crippen LogP contribution in [0.4, 0.5) is 0 Å². The van der Waals surface area contributed by atoms with Crippen molar-refractivity contribution in [2.24, 2.45) is 4.99 Å². The molecule has 1 aliphatic rings. The van der Waals surface area contributed by atoms with E-state index in [1.807, 2.05) is 18.2 Å². The highest BCUT2D eigenvalue weighted by Crippen LogP contribution is 2.33. The number of thiazole rings is 1. The van der Waals surface area contributed by atoms with Crippen LogP contribution in [0.3, 0.4) is 0 Å². The Hall–Kier alpha value is -2.28. The second-order valence-electron chi connectivity index (χ2n) is 6.66. The molecule has 0 atom stereocenters. The maximum atomic E-state index is 5.88. The molecule has 0 aliphatic carbocycles. The molecular weight excluding hydrogens is 360 g/mol. The van der Waals surface area contributed by atoms with Crippen molar-refractivity contribution in [3.8, 4) is 11.5 Å². The normalized spacial score (nSPS) is 14.1. The van der Waals surface area contributed by atoms with Crippen LogP contribution in [0, 0.1) is 0 Å². The number of aromatic nitrogens is 1. The van der Waals surface area contributed by atoms with Gasteiger partial charge in [0.2, 0.25) is 0 Å². The summed E-state index contributed by atoms with van der Waals surface area (Å²) in [5, 5.41) is 9.85. The van der Waals surface area contributed by atoms with Gasteiger partial charge in [-0.1, -0.05) is 26.0 Å². The van der Waals surface area contributed by atoms with Gasteiger partial charge in [0.15, 0.2) is 17.5 Å². The number of hydrogen-bond donors (Lipinski definition) is 2. The third kappa shape index (κ3) is 5.35. The van der Waals surface area contributed by atoms with Gasteiger partial charge >= 0.3 is 0 Å². The van der Waals surface area contributed by atoms with E-state index in [9.17, 15) is 0 Å². The van der Waals surface area contributed by atoms with Gasteiger partial charge in [0.05, 0.1) is 32.0 Å². The van der Waals surface area contributed by atoms with Gasteiger partial charge in [-0.2, -0.15) is 0 Å². The molecule has 0 bridgehead atoms. The second-order valence-corrected chi connectivity index (χ2v) is 7.61. The molecule has 2 aromatic rings. The quantitative estimate of drug-likeness (QED) is 0.584. The molecular formula is C20H28N4O2S. The first kappa shape index (κ1) is 19.5.